The molecule has 0 spiro atoms. The molecule has 0 bridgehead atoms. The van der Waals surface area contributed by atoms with Gasteiger partial charge in [-0.25, -0.2) is 4.98 Å². The Hall–Kier alpha value is -2.29. The van der Waals surface area contributed by atoms with Crippen molar-refractivity contribution < 1.29 is 4.92 Å². The van der Waals surface area contributed by atoms with E-state index in [-0.39, 0.29) is 11.2 Å². The van der Waals surface area contributed by atoms with Gasteiger partial charge < -0.3 is 4.98 Å². The van der Waals surface area contributed by atoms with Gasteiger partial charge in [-0.3, -0.25) is 14.9 Å². The molecule has 0 amide bonds. The van der Waals surface area contributed by atoms with E-state index in [0.717, 1.165) is 0 Å². The van der Waals surface area contributed by atoms with Gasteiger partial charge in [0.05, 0.1) is 19.4 Å². The molecule has 0 saturated carbocycles. The van der Waals surface area contributed by atoms with Crippen LogP contribution in [0.1, 0.15) is 0 Å². The molecular weight excluding hydrogens is 385 g/mol. The van der Waals surface area contributed by atoms with E-state index in [1.165, 1.54) is 6.07 Å². The number of halogens is 1. The first-order chi connectivity index (χ1) is 10.1. The first-order valence-corrected chi connectivity index (χ1v) is 7.07. The summed E-state index contributed by atoms with van der Waals surface area (Å²) in [6.07, 6.45) is 0. The van der Waals surface area contributed by atoms with Crippen molar-refractivity contribution in [3.63, 3.8) is 0 Å². The second kappa shape index (κ2) is 5.24. The number of benzene rings is 2. The molecule has 1 heterocycles. The molecule has 1 aromatic heterocycles. The van der Waals surface area contributed by atoms with Crippen molar-refractivity contribution in [2.75, 3.05) is 0 Å². The maximum Gasteiger partial charge on any atom is 0.283 e. The Bertz CT molecular complexity index is 921. The van der Waals surface area contributed by atoms with Crippen molar-refractivity contribution in [3.05, 3.63) is 66.5 Å². The zero-order valence-electron chi connectivity index (χ0n) is 10.5. The number of nitrogens with one attached hydrogen (secondary N) is 1. The Morgan fingerprint density at radius 3 is 2.71 bits per heavy atom. The molecule has 0 aliphatic rings. The molecule has 1 N–H and O–H groups in total. The Morgan fingerprint density at radius 1 is 1.19 bits per heavy atom. The van der Waals surface area contributed by atoms with E-state index in [4.69, 9.17) is 0 Å². The third kappa shape index (κ3) is 2.51. The lowest BCUT2D eigenvalue weighted by Gasteiger charge is -2.04. The molecule has 2 aromatic carbocycles. The fourth-order valence-corrected chi connectivity index (χ4v) is 2.56. The third-order valence-electron chi connectivity index (χ3n) is 3.03. The number of nitro groups is 1. The molecule has 0 unspecified atom stereocenters. The highest BCUT2D eigenvalue weighted by Gasteiger charge is 2.14. The molecule has 0 atom stereocenters. The molecular formula is C14H8IN3O3. The predicted molar refractivity (Wildman–Crippen MR) is 87.2 cm³/mol. The molecule has 3 aromatic rings. The number of aromatic nitrogens is 2. The molecule has 0 radical (unpaired) electrons. The summed E-state index contributed by atoms with van der Waals surface area (Å²) < 4.78 is 0.532. The van der Waals surface area contributed by atoms with Gasteiger partial charge in [-0.1, -0.05) is 12.1 Å². The van der Waals surface area contributed by atoms with Crippen LogP contribution in [-0.2, 0) is 0 Å². The van der Waals surface area contributed by atoms with Crippen LogP contribution < -0.4 is 5.56 Å². The number of rotatable bonds is 2. The lowest BCUT2D eigenvalue weighted by Crippen LogP contribution is -2.09. The van der Waals surface area contributed by atoms with Gasteiger partial charge in [-0.05, 0) is 46.9 Å². The third-order valence-corrected chi connectivity index (χ3v) is 3.94. The van der Waals surface area contributed by atoms with E-state index < -0.39 is 4.92 Å². The normalized spacial score (nSPS) is 10.7. The summed E-state index contributed by atoms with van der Waals surface area (Å²) in [4.78, 5) is 29.6. The average molecular weight is 393 g/mol. The number of fused-ring (bicyclic) bond motifs is 1. The SMILES string of the molecule is O=c1[nH]c(-c2ccc(I)c([N+](=O)[O-])c2)nc2ccccc12. The molecule has 104 valence electrons. The zero-order chi connectivity index (χ0) is 15.0. The van der Waals surface area contributed by atoms with Gasteiger partial charge in [0.2, 0.25) is 0 Å². The summed E-state index contributed by atoms with van der Waals surface area (Å²) in [5.74, 6) is 0.318. The van der Waals surface area contributed by atoms with E-state index in [9.17, 15) is 14.9 Å². The van der Waals surface area contributed by atoms with Crippen molar-refractivity contribution in [2.45, 2.75) is 0 Å². The van der Waals surface area contributed by atoms with Gasteiger partial charge in [0.15, 0.2) is 0 Å². The quantitative estimate of drug-likeness (QED) is 0.412. The van der Waals surface area contributed by atoms with E-state index >= 15 is 0 Å². The Balaban J connectivity index is 2.23. The van der Waals surface area contributed by atoms with E-state index in [2.05, 4.69) is 9.97 Å². The van der Waals surface area contributed by atoms with Gasteiger partial charge in [-0.2, -0.15) is 0 Å². The van der Waals surface area contributed by atoms with Gasteiger partial charge >= 0.3 is 0 Å². The van der Waals surface area contributed by atoms with Crippen LogP contribution in [0, 0.1) is 13.7 Å². The highest BCUT2D eigenvalue weighted by molar-refractivity contribution is 14.1. The van der Waals surface area contributed by atoms with E-state index in [1.54, 1.807) is 36.4 Å². The van der Waals surface area contributed by atoms with Crippen molar-refractivity contribution >= 4 is 39.2 Å². The summed E-state index contributed by atoms with van der Waals surface area (Å²) in [5.41, 5.74) is 0.781. The van der Waals surface area contributed by atoms with Gasteiger partial charge in [0.25, 0.3) is 11.2 Å². The van der Waals surface area contributed by atoms with Crippen molar-refractivity contribution in [3.8, 4) is 11.4 Å². The molecule has 3 rings (SSSR count). The van der Waals surface area contributed by atoms with Crippen molar-refractivity contribution in [2.24, 2.45) is 0 Å². The van der Waals surface area contributed by atoms with E-state index in [0.29, 0.717) is 25.9 Å². The molecule has 0 aliphatic carbocycles. The number of para-hydroxylation sites is 1. The lowest BCUT2D eigenvalue weighted by molar-refractivity contribution is -0.385. The summed E-state index contributed by atoms with van der Waals surface area (Å²) in [6, 6.07) is 11.7. The minimum absolute atomic E-state index is 0.0103. The Morgan fingerprint density at radius 2 is 1.95 bits per heavy atom. The number of hydrogen-bond acceptors (Lipinski definition) is 4. The Labute approximate surface area is 132 Å². The van der Waals surface area contributed by atoms with Crippen LogP contribution in [0.15, 0.2) is 47.3 Å². The molecule has 0 saturated heterocycles. The van der Waals surface area contributed by atoms with Crippen LogP contribution in [0.4, 0.5) is 5.69 Å². The number of H-pyrrole nitrogens is 1. The summed E-state index contributed by atoms with van der Waals surface area (Å²) in [5, 5.41) is 11.5. The predicted octanol–water partition coefficient (Wildman–Crippen LogP) is 3.10. The largest absolute Gasteiger partial charge is 0.306 e. The smallest absolute Gasteiger partial charge is 0.283 e. The monoisotopic (exact) mass is 393 g/mol. The minimum Gasteiger partial charge on any atom is -0.306 e. The van der Waals surface area contributed by atoms with Crippen LogP contribution in [0.2, 0.25) is 0 Å². The van der Waals surface area contributed by atoms with Crippen molar-refractivity contribution in [1.82, 2.24) is 9.97 Å². The van der Waals surface area contributed by atoms with Crippen molar-refractivity contribution in [1.29, 1.82) is 0 Å². The summed E-state index contributed by atoms with van der Waals surface area (Å²) >= 11 is 1.90. The number of aromatic amines is 1. The standard InChI is InChI=1S/C14H8IN3O3/c15-10-6-5-8(7-12(10)18(20)21)13-16-11-4-2-1-3-9(11)14(19)17-13/h1-7H,(H,16,17,19). The summed E-state index contributed by atoms with van der Waals surface area (Å²) in [7, 11) is 0. The van der Waals surface area contributed by atoms with Gasteiger partial charge in [-0.15, -0.1) is 0 Å². The molecule has 0 aliphatic heterocycles. The first kappa shape index (κ1) is 13.7. The molecule has 6 nitrogen and oxygen atoms in total. The maximum atomic E-state index is 12.0. The van der Waals surface area contributed by atoms with Gasteiger partial charge in [0.1, 0.15) is 5.82 Å². The number of nitrogens with zero attached hydrogens (tertiary/aromatic N) is 2. The molecule has 21 heavy (non-hydrogen) atoms. The second-order valence-electron chi connectivity index (χ2n) is 4.35. The second-order valence-corrected chi connectivity index (χ2v) is 5.52. The number of hydrogen-bond donors (Lipinski definition) is 1. The van der Waals surface area contributed by atoms with E-state index in [1.807, 2.05) is 22.6 Å². The average Bonchev–Trinajstić information content (AvgIpc) is 2.47. The maximum absolute atomic E-state index is 12.0. The topological polar surface area (TPSA) is 88.9 Å². The Kier molecular flexibility index (Phi) is 3.42. The van der Waals surface area contributed by atoms with Crippen LogP contribution >= 0.6 is 22.6 Å². The first-order valence-electron chi connectivity index (χ1n) is 5.99. The molecule has 7 heteroatoms. The molecule has 0 fully saturated rings. The lowest BCUT2D eigenvalue weighted by atomic mass is 10.1. The summed E-state index contributed by atoms with van der Waals surface area (Å²) in [6.45, 7) is 0. The highest BCUT2D eigenvalue weighted by Crippen LogP contribution is 2.26. The van der Waals surface area contributed by atoms with Crippen LogP contribution in [0.5, 0.6) is 0 Å². The van der Waals surface area contributed by atoms with Crippen LogP contribution in [0.3, 0.4) is 0 Å². The zero-order valence-corrected chi connectivity index (χ0v) is 12.7. The van der Waals surface area contributed by atoms with Crippen LogP contribution in [0.25, 0.3) is 22.3 Å². The number of nitro benzene ring substituents is 1. The fourth-order valence-electron chi connectivity index (χ4n) is 2.02. The minimum atomic E-state index is -0.454. The fraction of sp³-hybridized carbons (Fsp3) is 0. The van der Waals surface area contributed by atoms with Gasteiger partial charge in [0, 0.05) is 11.6 Å². The highest BCUT2D eigenvalue weighted by atomic mass is 127. The van der Waals surface area contributed by atoms with Crippen LogP contribution in [-0.4, -0.2) is 14.9 Å².